The molecular formula is C25H19F5O2. The quantitative estimate of drug-likeness (QED) is 0.284. The third-order valence-corrected chi connectivity index (χ3v) is 5.21. The van der Waals surface area contributed by atoms with Gasteiger partial charge in [-0.25, -0.2) is 22.0 Å². The van der Waals surface area contributed by atoms with Crippen molar-refractivity contribution in [1.82, 2.24) is 0 Å². The maximum absolute atomic E-state index is 14.5. The summed E-state index contributed by atoms with van der Waals surface area (Å²) in [5.41, 5.74) is 0.311. The number of aryl methyl sites for hydroxylation is 1. The maximum atomic E-state index is 14.5. The number of halogens is 5. The summed E-state index contributed by atoms with van der Waals surface area (Å²) in [5, 5.41) is -0.0254. The van der Waals surface area contributed by atoms with Crippen molar-refractivity contribution < 1.29 is 31.4 Å². The predicted octanol–water partition coefficient (Wildman–Crippen LogP) is 5.88. The van der Waals surface area contributed by atoms with Gasteiger partial charge in [0, 0.05) is 23.3 Å². The van der Waals surface area contributed by atoms with Crippen LogP contribution in [0.2, 0.25) is 0 Å². The van der Waals surface area contributed by atoms with E-state index in [4.69, 9.17) is 9.47 Å². The lowest BCUT2D eigenvalue weighted by Gasteiger charge is -2.27. The smallest absolute Gasteiger partial charge is 0.195 e. The van der Waals surface area contributed by atoms with Gasteiger partial charge in [0.2, 0.25) is 0 Å². The fourth-order valence-corrected chi connectivity index (χ4v) is 3.50. The van der Waals surface area contributed by atoms with Gasteiger partial charge in [0.25, 0.3) is 0 Å². The highest BCUT2D eigenvalue weighted by Crippen LogP contribution is 2.24. The van der Waals surface area contributed by atoms with Crippen molar-refractivity contribution in [3.63, 3.8) is 0 Å². The van der Waals surface area contributed by atoms with Gasteiger partial charge in [-0.3, -0.25) is 0 Å². The van der Waals surface area contributed by atoms with E-state index in [9.17, 15) is 22.0 Å². The summed E-state index contributed by atoms with van der Waals surface area (Å²) in [6, 6.07) is 7.20. The Labute approximate surface area is 182 Å². The van der Waals surface area contributed by atoms with E-state index in [0.29, 0.717) is 37.5 Å². The van der Waals surface area contributed by atoms with Crippen LogP contribution in [0.1, 0.15) is 30.0 Å². The molecule has 1 fully saturated rings. The van der Waals surface area contributed by atoms with Gasteiger partial charge in [0.1, 0.15) is 11.6 Å². The van der Waals surface area contributed by atoms with Crippen LogP contribution in [-0.2, 0) is 15.9 Å². The van der Waals surface area contributed by atoms with E-state index >= 15 is 0 Å². The molecule has 0 bridgehead atoms. The van der Waals surface area contributed by atoms with Crippen LogP contribution in [0.4, 0.5) is 22.0 Å². The lowest BCUT2D eigenvalue weighted by atomic mass is 10.0. The Balaban J connectivity index is 1.52. The third-order valence-electron chi connectivity index (χ3n) is 5.21. The van der Waals surface area contributed by atoms with E-state index < -0.39 is 40.9 Å². The average molecular weight is 446 g/mol. The van der Waals surface area contributed by atoms with Crippen LogP contribution in [0.5, 0.6) is 0 Å². The summed E-state index contributed by atoms with van der Waals surface area (Å²) in [6.45, 7) is 3.19. The summed E-state index contributed by atoms with van der Waals surface area (Å²) in [7, 11) is 0. The molecule has 3 aromatic carbocycles. The van der Waals surface area contributed by atoms with Crippen LogP contribution in [-0.4, -0.2) is 19.5 Å². The van der Waals surface area contributed by atoms with Crippen LogP contribution in [0.3, 0.4) is 0 Å². The molecule has 0 amide bonds. The van der Waals surface area contributed by atoms with Gasteiger partial charge in [0.05, 0.1) is 18.8 Å². The molecular weight excluding hydrogens is 427 g/mol. The normalized spacial score (nSPS) is 18.4. The highest BCUT2D eigenvalue weighted by molar-refractivity contribution is 5.84. The average Bonchev–Trinajstić information content (AvgIpc) is 2.76. The molecule has 7 heteroatoms. The van der Waals surface area contributed by atoms with Crippen molar-refractivity contribution in [2.45, 2.75) is 26.1 Å². The second-order valence-electron chi connectivity index (χ2n) is 7.85. The van der Waals surface area contributed by atoms with E-state index in [2.05, 4.69) is 11.8 Å². The molecule has 0 aliphatic carbocycles. The predicted molar refractivity (Wildman–Crippen MR) is 109 cm³/mol. The van der Waals surface area contributed by atoms with Crippen molar-refractivity contribution in [2.24, 2.45) is 5.92 Å². The Kier molecular flexibility index (Phi) is 6.45. The van der Waals surface area contributed by atoms with Gasteiger partial charge in [-0.05, 0) is 47.7 Å². The standard InChI is InChI=1S/C25H19F5O2/c1-14-12-31-23(32-13-14)7-4-16-9-20(26)19(21(27)10-16)6-3-15-2-5-18-17(8-15)11-22(28)25(30)24(18)29/h2,5,8-11,14,23H,4,7,12-13H2,1H3. The number of ether oxygens (including phenoxy) is 2. The molecule has 1 saturated heterocycles. The first-order valence-corrected chi connectivity index (χ1v) is 10.1. The highest BCUT2D eigenvalue weighted by atomic mass is 19.2. The third kappa shape index (κ3) is 4.77. The molecule has 0 saturated carbocycles. The monoisotopic (exact) mass is 446 g/mol. The van der Waals surface area contributed by atoms with E-state index in [1.807, 2.05) is 6.92 Å². The Hall–Kier alpha value is -2.95. The van der Waals surface area contributed by atoms with Crippen LogP contribution in [0.15, 0.2) is 36.4 Å². The number of benzene rings is 3. The number of hydrogen-bond acceptors (Lipinski definition) is 2. The van der Waals surface area contributed by atoms with Crippen LogP contribution < -0.4 is 0 Å². The zero-order valence-electron chi connectivity index (χ0n) is 17.2. The van der Waals surface area contributed by atoms with Crippen LogP contribution in [0.25, 0.3) is 10.8 Å². The van der Waals surface area contributed by atoms with Gasteiger partial charge in [-0.2, -0.15) is 0 Å². The van der Waals surface area contributed by atoms with Crippen molar-refractivity contribution in [1.29, 1.82) is 0 Å². The molecule has 0 radical (unpaired) electrons. The SMILES string of the molecule is CC1COC(CCc2cc(F)c(C#Cc3ccc4c(F)c(F)c(F)cc4c3)c(F)c2)OC1. The largest absolute Gasteiger partial charge is 0.352 e. The van der Waals surface area contributed by atoms with E-state index in [1.165, 1.54) is 30.3 Å². The number of hydrogen-bond donors (Lipinski definition) is 0. The molecule has 4 rings (SSSR count). The summed E-state index contributed by atoms with van der Waals surface area (Å²) < 4.78 is 80.7. The molecule has 3 aromatic rings. The molecule has 0 N–H and O–H groups in total. The van der Waals surface area contributed by atoms with Crippen LogP contribution in [0, 0.1) is 46.8 Å². The zero-order valence-corrected chi connectivity index (χ0v) is 17.2. The minimum Gasteiger partial charge on any atom is -0.352 e. The van der Waals surface area contributed by atoms with Crippen molar-refractivity contribution in [2.75, 3.05) is 13.2 Å². The first-order chi connectivity index (χ1) is 15.3. The fraction of sp³-hybridized carbons (Fsp3) is 0.280. The van der Waals surface area contributed by atoms with Gasteiger partial charge >= 0.3 is 0 Å². The molecule has 2 nitrogen and oxygen atoms in total. The molecule has 0 unspecified atom stereocenters. The second-order valence-corrected chi connectivity index (χ2v) is 7.85. The minimum atomic E-state index is -1.56. The van der Waals surface area contributed by atoms with Crippen molar-refractivity contribution in [3.05, 3.63) is 82.2 Å². The summed E-state index contributed by atoms with van der Waals surface area (Å²) in [5.74, 6) is -0.477. The van der Waals surface area contributed by atoms with Crippen molar-refractivity contribution >= 4 is 10.8 Å². The van der Waals surface area contributed by atoms with Gasteiger partial charge < -0.3 is 9.47 Å². The highest BCUT2D eigenvalue weighted by Gasteiger charge is 2.19. The molecule has 0 aromatic heterocycles. The summed E-state index contributed by atoms with van der Waals surface area (Å²) >= 11 is 0. The second kappa shape index (κ2) is 9.27. The van der Waals surface area contributed by atoms with E-state index in [0.717, 1.165) is 6.07 Å². The molecule has 0 spiro atoms. The summed E-state index contributed by atoms with van der Waals surface area (Å²) in [4.78, 5) is 0. The minimum absolute atomic E-state index is 0.0889. The fourth-order valence-electron chi connectivity index (χ4n) is 3.50. The van der Waals surface area contributed by atoms with Gasteiger partial charge in [-0.1, -0.05) is 24.8 Å². The Morgan fingerprint density at radius 2 is 1.53 bits per heavy atom. The zero-order chi connectivity index (χ0) is 22.8. The lowest BCUT2D eigenvalue weighted by Crippen LogP contribution is -2.30. The molecule has 32 heavy (non-hydrogen) atoms. The maximum Gasteiger partial charge on any atom is 0.195 e. The van der Waals surface area contributed by atoms with Gasteiger partial charge in [-0.15, -0.1) is 0 Å². The van der Waals surface area contributed by atoms with E-state index in [-0.39, 0.29) is 16.3 Å². The van der Waals surface area contributed by atoms with Crippen molar-refractivity contribution in [3.8, 4) is 11.8 Å². The Morgan fingerprint density at radius 3 is 2.22 bits per heavy atom. The number of rotatable bonds is 3. The lowest BCUT2D eigenvalue weighted by molar-refractivity contribution is -0.199. The topological polar surface area (TPSA) is 18.5 Å². The van der Waals surface area contributed by atoms with E-state index in [1.54, 1.807) is 0 Å². The van der Waals surface area contributed by atoms with Gasteiger partial charge in [0.15, 0.2) is 23.7 Å². The van der Waals surface area contributed by atoms with Crippen LogP contribution >= 0.6 is 0 Å². The Bertz CT molecular complexity index is 1200. The summed E-state index contributed by atoms with van der Waals surface area (Å²) in [6.07, 6.45) is 0.452. The molecule has 1 aliphatic rings. The molecule has 0 atom stereocenters. The Morgan fingerprint density at radius 1 is 0.844 bits per heavy atom. The number of fused-ring (bicyclic) bond motifs is 1. The first-order valence-electron chi connectivity index (χ1n) is 10.1. The molecule has 166 valence electrons. The molecule has 1 heterocycles. The first kappa shape index (κ1) is 22.3. The molecule has 1 aliphatic heterocycles.